The van der Waals surface area contributed by atoms with Gasteiger partial charge in [-0.15, -0.1) is 22.7 Å². The summed E-state index contributed by atoms with van der Waals surface area (Å²) in [4.78, 5) is 4.97. The normalized spacial score (nSPS) is 12.2. The summed E-state index contributed by atoms with van der Waals surface area (Å²) in [5.74, 6) is 0. The molecule has 0 spiro atoms. The van der Waals surface area contributed by atoms with Crippen LogP contribution in [0, 0.1) is 13.8 Å². The highest BCUT2D eigenvalue weighted by atomic mass is 32.2. The third-order valence-electron chi connectivity index (χ3n) is 2.85. The largest absolute Gasteiger partial charge is 0.391 e. The molecule has 8 heteroatoms. The number of thiophene rings is 1. The SMILES string of the molecule is Cc1nc(CN(C)S(=O)(=O)c2c(C)csc2CO)cs1. The lowest BCUT2D eigenvalue weighted by Gasteiger charge is -2.17. The number of aromatic nitrogens is 1. The summed E-state index contributed by atoms with van der Waals surface area (Å²) in [5, 5.41) is 13.8. The Labute approximate surface area is 126 Å². The molecule has 0 fully saturated rings. The molecule has 2 aromatic rings. The smallest absolute Gasteiger partial charge is 0.244 e. The lowest BCUT2D eigenvalue weighted by atomic mass is 10.3. The van der Waals surface area contributed by atoms with Gasteiger partial charge < -0.3 is 5.11 Å². The summed E-state index contributed by atoms with van der Waals surface area (Å²) >= 11 is 2.76. The second kappa shape index (κ2) is 5.90. The molecule has 2 aromatic heterocycles. The number of rotatable bonds is 5. The highest BCUT2D eigenvalue weighted by Crippen LogP contribution is 2.29. The van der Waals surface area contributed by atoms with Gasteiger partial charge in [-0.05, 0) is 24.8 Å². The molecule has 2 heterocycles. The minimum atomic E-state index is -3.61. The Bertz CT molecular complexity index is 703. The van der Waals surface area contributed by atoms with E-state index >= 15 is 0 Å². The van der Waals surface area contributed by atoms with Gasteiger partial charge >= 0.3 is 0 Å². The van der Waals surface area contributed by atoms with Crippen molar-refractivity contribution < 1.29 is 13.5 Å². The van der Waals surface area contributed by atoms with Crippen LogP contribution >= 0.6 is 22.7 Å². The van der Waals surface area contributed by atoms with Crippen molar-refractivity contribution in [1.29, 1.82) is 0 Å². The van der Waals surface area contributed by atoms with Crippen LogP contribution < -0.4 is 0 Å². The molecule has 20 heavy (non-hydrogen) atoms. The van der Waals surface area contributed by atoms with Crippen LogP contribution in [-0.2, 0) is 23.2 Å². The van der Waals surface area contributed by atoms with Crippen molar-refractivity contribution in [2.24, 2.45) is 0 Å². The average Bonchev–Trinajstić information content (AvgIpc) is 2.95. The highest BCUT2D eigenvalue weighted by Gasteiger charge is 2.27. The Morgan fingerprint density at radius 3 is 2.55 bits per heavy atom. The van der Waals surface area contributed by atoms with E-state index in [-0.39, 0.29) is 18.0 Å². The van der Waals surface area contributed by atoms with Gasteiger partial charge in [-0.3, -0.25) is 0 Å². The monoisotopic (exact) mass is 332 g/mol. The maximum Gasteiger partial charge on any atom is 0.244 e. The predicted molar refractivity (Wildman–Crippen MR) is 80.5 cm³/mol. The van der Waals surface area contributed by atoms with Crippen molar-refractivity contribution in [3.8, 4) is 0 Å². The lowest BCUT2D eigenvalue weighted by molar-refractivity contribution is 0.282. The quantitative estimate of drug-likeness (QED) is 0.910. The van der Waals surface area contributed by atoms with Crippen LogP contribution in [-0.4, -0.2) is 29.9 Å². The maximum absolute atomic E-state index is 12.6. The molecule has 1 N–H and O–H groups in total. The number of sulfonamides is 1. The van der Waals surface area contributed by atoms with E-state index in [9.17, 15) is 13.5 Å². The zero-order valence-electron chi connectivity index (χ0n) is 11.5. The number of hydrogen-bond acceptors (Lipinski definition) is 6. The fourth-order valence-electron chi connectivity index (χ4n) is 1.89. The fraction of sp³-hybridized carbons (Fsp3) is 0.417. The molecule has 0 saturated carbocycles. The zero-order valence-corrected chi connectivity index (χ0v) is 13.9. The van der Waals surface area contributed by atoms with Gasteiger partial charge in [-0.25, -0.2) is 13.4 Å². The Morgan fingerprint density at radius 2 is 2.00 bits per heavy atom. The first-order valence-electron chi connectivity index (χ1n) is 5.91. The molecular weight excluding hydrogens is 316 g/mol. The Balaban J connectivity index is 2.32. The van der Waals surface area contributed by atoms with Crippen LogP contribution in [0.4, 0.5) is 0 Å². The molecule has 0 unspecified atom stereocenters. The first kappa shape index (κ1) is 15.6. The fourth-order valence-corrected chi connectivity index (χ4v) is 5.24. The number of hydrogen-bond donors (Lipinski definition) is 1. The number of aliphatic hydroxyl groups excluding tert-OH is 1. The Morgan fingerprint density at radius 1 is 1.30 bits per heavy atom. The third-order valence-corrected chi connectivity index (χ3v) is 6.93. The molecule has 0 aromatic carbocycles. The molecule has 5 nitrogen and oxygen atoms in total. The van der Waals surface area contributed by atoms with E-state index in [2.05, 4.69) is 4.98 Å². The van der Waals surface area contributed by atoms with E-state index in [1.165, 1.54) is 34.0 Å². The van der Waals surface area contributed by atoms with Crippen molar-refractivity contribution in [2.45, 2.75) is 31.9 Å². The van der Waals surface area contributed by atoms with Gasteiger partial charge in [0, 0.05) is 12.4 Å². The van der Waals surface area contributed by atoms with Gasteiger partial charge in [0.15, 0.2) is 0 Å². The van der Waals surface area contributed by atoms with Crippen molar-refractivity contribution in [3.05, 3.63) is 31.9 Å². The summed E-state index contributed by atoms with van der Waals surface area (Å²) in [5.41, 5.74) is 1.40. The van der Waals surface area contributed by atoms with Crippen LogP contribution in [0.5, 0.6) is 0 Å². The standard InChI is InChI=1S/C12H16N2O3S3/c1-8-6-19-11(5-15)12(8)20(16,17)14(3)4-10-7-18-9(2)13-10/h6-7,15H,4-5H2,1-3H3. The molecule has 0 amide bonds. The van der Waals surface area contributed by atoms with Crippen LogP contribution in [0.25, 0.3) is 0 Å². The predicted octanol–water partition coefficient (Wildman–Crippen LogP) is 2.13. The van der Waals surface area contributed by atoms with Gasteiger partial charge in [-0.1, -0.05) is 0 Å². The summed E-state index contributed by atoms with van der Waals surface area (Å²) in [6, 6.07) is 0. The second-order valence-electron chi connectivity index (χ2n) is 4.45. The van der Waals surface area contributed by atoms with Gasteiger partial charge in [0.2, 0.25) is 10.0 Å². The second-order valence-corrected chi connectivity index (χ2v) is 8.46. The number of aryl methyl sites for hydroxylation is 2. The average molecular weight is 332 g/mol. The minimum Gasteiger partial charge on any atom is -0.391 e. The topological polar surface area (TPSA) is 70.5 Å². The van der Waals surface area contributed by atoms with Crippen molar-refractivity contribution in [1.82, 2.24) is 9.29 Å². The van der Waals surface area contributed by atoms with E-state index < -0.39 is 10.0 Å². The summed E-state index contributed by atoms with van der Waals surface area (Å²) < 4.78 is 26.5. The van der Waals surface area contributed by atoms with Gasteiger partial charge in [0.05, 0.1) is 28.7 Å². The molecule has 0 saturated heterocycles. The first-order valence-corrected chi connectivity index (χ1v) is 9.11. The Kier molecular flexibility index (Phi) is 4.60. The van der Waals surface area contributed by atoms with Crippen LogP contribution in [0.3, 0.4) is 0 Å². The summed E-state index contributed by atoms with van der Waals surface area (Å²) in [7, 11) is -2.08. The molecule has 0 bridgehead atoms. The molecule has 110 valence electrons. The maximum atomic E-state index is 12.6. The molecule has 0 aliphatic carbocycles. The lowest BCUT2D eigenvalue weighted by Crippen LogP contribution is -2.27. The molecule has 0 aliphatic rings. The van der Waals surface area contributed by atoms with Crippen molar-refractivity contribution >= 4 is 32.7 Å². The number of aliphatic hydroxyl groups is 1. The summed E-state index contributed by atoms with van der Waals surface area (Å²) in [6.07, 6.45) is 0. The minimum absolute atomic E-state index is 0.222. The molecule has 0 radical (unpaired) electrons. The molecule has 0 atom stereocenters. The number of nitrogens with zero attached hydrogens (tertiary/aromatic N) is 2. The van der Waals surface area contributed by atoms with Crippen LogP contribution in [0.15, 0.2) is 15.7 Å². The van der Waals surface area contributed by atoms with Crippen molar-refractivity contribution in [2.75, 3.05) is 7.05 Å². The molecule has 0 aliphatic heterocycles. The van der Waals surface area contributed by atoms with Gasteiger partial charge in [0.25, 0.3) is 0 Å². The van der Waals surface area contributed by atoms with E-state index in [1.807, 2.05) is 12.3 Å². The third kappa shape index (κ3) is 2.94. The molecular formula is C12H16N2O3S3. The summed E-state index contributed by atoms with van der Waals surface area (Å²) in [6.45, 7) is 3.59. The highest BCUT2D eigenvalue weighted by molar-refractivity contribution is 7.89. The van der Waals surface area contributed by atoms with E-state index in [4.69, 9.17) is 0 Å². The molecule has 2 rings (SSSR count). The van der Waals surface area contributed by atoms with E-state index in [1.54, 1.807) is 12.3 Å². The van der Waals surface area contributed by atoms with Gasteiger partial charge in [0.1, 0.15) is 4.90 Å². The van der Waals surface area contributed by atoms with Crippen LogP contribution in [0.1, 0.15) is 21.1 Å². The Hall–Kier alpha value is -0.800. The van der Waals surface area contributed by atoms with Gasteiger partial charge in [-0.2, -0.15) is 4.31 Å². The number of thiazole rings is 1. The zero-order chi connectivity index (χ0) is 14.9. The van der Waals surface area contributed by atoms with E-state index in [0.717, 1.165) is 10.7 Å². The van der Waals surface area contributed by atoms with Crippen molar-refractivity contribution in [3.63, 3.8) is 0 Å². The van der Waals surface area contributed by atoms with E-state index in [0.29, 0.717) is 10.4 Å². The van der Waals surface area contributed by atoms with Crippen LogP contribution in [0.2, 0.25) is 0 Å². The first-order chi connectivity index (χ1) is 9.36.